The molecule has 1 nitrogen and oxygen atoms in total. The largest absolute Gasteiger partial charge is 0.377 e. The molecule has 4 heteroatoms. The summed E-state index contributed by atoms with van der Waals surface area (Å²) in [7, 11) is 0. The highest BCUT2D eigenvalue weighted by atomic mass is 35.5. The second-order valence-electron chi connectivity index (χ2n) is 4.01. The van der Waals surface area contributed by atoms with Crippen molar-refractivity contribution in [3.05, 3.63) is 63.1 Å². The number of hydrogen-bond acceptors (Lipinski definition) is 1. The molecule has 0 saturated carbocycles. The van der Waals surface area contributed by atoms with Gasteiger partial charge in [-0.3, -0.25) is 0 Å². The molecule has 0 aliphatic rings. The van der Waals surface area contributed by atoms with Crippen LogP contribution in [-0.2, 0) is 0 Å². The van der Waals surface area contributed by atoms with Crippen LogP contribution in [0.5, 0.6) is 0 Å². The van der Waals surface area contributed by atoms with Gasteiger partial charge in [0.1, 0.15) is 0 Å². The zero-order valence-electron chi connectivity index (χ0n) is 9.75. The summed E-state index contributed by atoms with van der Waals surface area (Å²) in [5.41, 5.74) is 1.83. The lowest BCUT2D eigenvalue weighted by Gasteiger charge is -2.18. The van der Waals surface area contributed by atoms with Crippen molar-refractivity contribution in [2.24, 2.45) is 0 Å². The lowest BCUT2D eigenvalue weighted by atomic mass is 10.1. The molecule has 1 atom stereocenters. The predicted octanol–water partition coefficient (Wildman–Crippen LogP) is 5.82. The summed E-state index contributed by atoms with van der Waals surface area (Å²) in [5.74, 6) is 0. The molecule has 0 amide bonds. The van der Waals surface area contributed by atoms with E-state index >= 15 is 0 Å². The van der Waals surface area contributed by atoms with Gasteiger partial charge in [0.05, 0.1) is 16.8 Å². The van der Waals surface area contributed by atoms with Crippen molar-refractivity contribution < 1.29 is 0 Å². The van der Waals surface area contributed by atoms with E-state index in [2.05, 4.69) is 5.32 Å². The molecule has 0 aromatic heterocycles. The standard InChI is InChI=1S/C14H12Cl3N/c1-9(11-4-2-3-5-12(11)16)18-14-8-10(15)6-7-13(14)17/h2-9,18H,1H3. The molecule has 94 valence electrons. The fraction of sp³-hybridized carbons (Fsp3) is 0.143. The van der Waals surface area contributed by atoms with Crippen LogP contribution in [-0.4, -0.2) is 0 Å². The molecule has 0 aliphatic heterocycles. The molecule has 0 bridgehead atoms. The van der Waals surface area contributed by atoms with Crippen molar-refractivity contribution >= 4 is 40.5 Å². The van der Waals surface area contributed by atoms with Crippen LogP contribution in [0.3, 0.4) is 0 Å². The monoisotopic (exact) mass is 299 g/mol. The van der Waals surface area contributed by atoms with E-state index in [-0.39, 0.29) is 6.04 Å². The van der Waals surface area contributed by atoms with Gasteiger partial charge in [0.25, 0.3) is 0 Å². The quantitative estimate of drug-likeness (QED) is 0.753. The zero-order chi connectivity index (χ0) is 13.1. The molecular weight excluding hydrogens is 289 g/mol. The Morgan fingerprint density at radius 2 is 1.67 bits per heavy atom. The molecule has 18 heavy (non-hydrogen) atoms. The summed E-state index contributed by atoms with van der Waals surface area (Å²) in [6, 6.07) is 13.1. The summed E-state index contributed by atoms with van der Waals surface area (Å²) in [4.78, 5) is 0. The number of halogens is 3. The highest BCUT2D eigenvalue weighted by Crippen LogP contribution is 2.30. The van der Waals surface area contributed by atoms with E-state index < -0.39 is 0 Å². The second kappa shape index (κ2) is 5.83. The number of nitrogens with one attached hydrogen (secondary N) is 1. The third-order valence-corrected chi connectivity index (χ3v) is 3.58. The van der Waals surface area contributed by atoms with E-state index in [9.17, 15) is 0 Å². The second-order valence-corrected chi connectivity index (χ2v) is 5.26. The Labute approximate surface area is 122 Å². The lowest BCUT2D eigenvalue weighted by Crippen LogP contribution is -2.07. The summed E-state index contributed by atoms with van der Waals surface area (Å²) >= 11 is 18.2. The fourth-order valence-electron chi connectivity index (χ4n) is 1.75. The molecule has 1 unspecified atom stereocenters. The first-order valence-electron chi connectivity index (χ1n) is 5.54. The van der Waals surface area contributed by atoms with Crippen LogP contribution in [0.25, 0.3) is 0 Å². The van der Waals surface area contributed by atoms with Crippen LogP contribution in [0, 0.1) is 0 Å². The SMILES string of the molecule is CC(Nc1cc(Cl)ccc1Cl)c1ccccc1Cl. The molecule has 0 spiro atoms. The molecule has 0 aliphatic carbocycles. The molecule has 1 N–H and O–H groups in total. The van der Waals surface area contributed by atoms with E-state index in [1.165, 1.54) is 0 Å². The van der Waals surface area contributed by atoms with Gasteiger partial charge in [-0.15, -0.1) is 0 Å². The molecule has 0 heterocycles. The molecule has 0 fully saturated rings. The van der Waals surface area contributed by atoms with E-state index in [0.717, 1.165) is 16.3 Å². The van der Waals surface area contributed by atoms with Crippen molar-refractivity contribution in [2.45, 2.75) is 13.0 Å². The molecule has 2 aromatic carbocycles. The van der Waals surface area contributed by atoms with Gasteiger partial charge in [-0.2, -0.15) is 0 Å². The zero-order valence-corrected chi connectivity index (χ0v) is 12.0. The lowest BCUT2D eigenvalue weighted by molar-refractivity contribution is 0.885. The van der Waals surface area contributed by atoms with E-state index in [1.54, 1.807) is 18.2 Å². The Bertz CT molecular complexity index is 554. The number of rotatable bonds is 3. The van der Waals surface area contributed by atoms with Crippen LogP contribution in [0.4, 0.5) is 5.69 Å². The van der Waals surface area contributed by atoms with E-state index in [1.807, 2.05) is 31.2 Å². The van der Waals surface area contributed by atoms with Crippen LogP contribution < -0.4 is 5.32 Å². The van der Waals surface area contributed by atoms with Crippen molar-refractivity contribution in [2.75, 3.05) is 5.32 Å². The van der Waals surface area contributed by atoms with Gasteiger partial charge in [-0.25, -0.2) is 0 Å². The van der Waals surface area contributed by atoms with E-state index in [4.69, 9.17) is 34.8 Å². The van der Waals surface area contributed by atoms with Crippen LogP contribution >= 0.6 is 34.8 Å². The van der Waals surface area contributed by atoms with Crippen molar-refractivity contribution in [3.63, 3.8) is 0 Å². The third kappa shape index (κ3) is 3.11. The van der Waals surface area contributed by atoms with Gasteiger partial charge in [-0.05, 0) is 36.8 Å². The molecule has 0 saturated heterocycles. The minimum atomic E-state index is 0.0506. The Hall–Kier alpha value is -0.890. The van der Waals surface area contributed by atoms with Gasteiger partial charge in [0.2, 0.25) is 0 Å². The smallest absolute Gasteiger partial charge is 0.0638 e. The maximum absolute atomic E-state index is 6.16. The Morgan fingerprint density at radius 1 is 0.944 bits per heavy atom. The molecule has 0 radical (unpaired) electrons. The highest BCUT2D eigenvalue weighted by Gasteiger charge is 2.10. The van der Waals surface area contributed by atoms with Gasteiger partial charge in [0, 0.05) is 10.0 Å². The van der Waals surface area contributed by atoms with Gasteiger partial charge >= 0.3 is 0 Å². The van der Waals surface area contributed by atoms with Crippen LogP contribution in [0.1, 0.15) is 18.5 Å². The average Bonchev–Trinajstić information content (AvgIpc) is 2.34. The van der Waals surface area contributed by atoms with Crippen molar-refractivity contribution in [1.29, 1.82) is 0 Å². The fourth-order valence-corrected chi connectivity index (χ4v) is 2.39. The number of anilines is 1. The molecular formula is C14H12Cl3N. The first-order chi connectivity index (χ1) is 8.58. The minimum absolute atomic E-state index is 0.0506. The van der Waals surface area contributed by atoms with Gasteiger partial charge < -0.3 is 5.32 Å². The molecule has 2 aromatic rings. The van der Waals surface area contributed by atoms with Crippen LogP contribution in [0.15, 0.2) is 42.5 Å². The summed E-state index contributed by atoms with van der Waals surface area (Å²) < 4.78 is 0. The molecule has 2 rings (SSSR count). The summed E-state index contributed by atoms with van der Waals surface area (Å²) in [5, 5.41) is 5.32. The van der Waals surface area contributed by atoms with Crippen molar-refractivity contribution in [3.8, 4) is 0 Å². The Balaban J connectivity index is 2.24. The number of benzene rings is 2. The minimum Gasteiger partial charge on any atom is -0.377 e. The van der Waals surface area contributed by atoms with E-state index in [0.29, 0.717) is 10.0 Å². The van der Waals surface area contributed by atoms with Crippen LogP contribution in [0.2, 0.25) is 15.1 Å². The summed E-state index contributed by atoms with van der Waals surface area (Å²) in [6.45, 7) is 2.03. The maximum atomic E-state index is 6.16. The Kier molecular flexibility index (Phi) is 4.39. The average molecular weight is 301 g/mol. The van der Waals surface area contributed by atoms with Gasteiger partial charge in [-0.1, -0.05) is 53.0 Å². The Morgan fingerprint density at radius 3 is 2.39 bits per heavy atom. The summed E-state index contributed by atoms with van der Waals surface area (Å²) in [6.07, 6.45) is 0. The number of hydrogen-bond donors (Lipinski definition) is 1. The highest BCUT2D eigenvalue weighted by molar-refractivity contribution is 6.35. The van der Waals surface area contributed by atoms with Crippen molar-refractivity contribution in [1.82, 2.24) is 0 Å². The first kappa shape index (κ1) is 13.5. The maximum Gasteiger partial charge on any atom is 0.0638 e. The third-order valence-electron chi connectivity index (χ3n) is 2.67. The van der Waals surface area contributed by atoms with Gasteiger partial charge in [0.15, 0.2) is 0 Å². The normalized spacial score (nSPS) is 12.2. The first-order valence-corrected chi connectivity index (χ1v) is 6.67. The topological polar surface area (TPSA) is 12.0 Å². The predicted molar refractivity (Wildman–Crippen MR) is 80.0 cm³/mol.